The summed E-state index contributed by atoms with van der Waals surface area (Å²) < 4.78 is 20.9. The summed E-state index contributed by atoms with van der Waals surface area (Å²) >= 11 is 0. The van der Waals surface area contributed by atoms with E-state index in [0.29, 0.717) is 17.9 Å². The monoisotopic (exact) mass is 382 g/mol. The maximum absolute atomic E-state index is 14.2. The molecule has 2 N–H and O–H groups in total. The third-order valence-corrected chi connectivity index (χ3v) is 3.82. The standard InChI is InChI=1S/C20H19FN4O3/c1-2-28-16-7-4-14(5-8-16)20(27)22-13-19(26)24-15-6-9-18(17(21)12-15)25-11-3-10-23-25/h3-12H,2,13H2,1H3,(H,22,27)(H,24,26). The molecule has 0 spiro atoms. The summed E-state index contributed by atoms with van der Waals surface area (Å²) in [5.41, 5.74) is 0.964. The van der Waals surface area contributed by atoms with E-state index in [0.717, 1.165) is 0 Å². The van der Waals surface area contributed by atoms with Crippen molar-refractivity contribution in [1.82, 2.24) is 15.1 Å². The van der Waals surface area contributed by atoms with Crippen LogP contribution in [0.3, 0.4) is 0 Å². The van der Waals surface area contributed by atoms with Gasteiger partial charge >= 0.3 is 0 Å². The van der Waals surface area contributed by atoms with Crippen LogP contribution in [0.25, 0.3) is 5.69 Å². The van der Waals surface area contributed by atoms with Gasteiger partial charge in [-0.2, -0.15) is 5.10 Å². The van der Waals surface area contributed by atoms with Crippen LogP contribution in [0.15, 0.2) is 60.9 Å². The van der Waals surface area contributed by atoms with Gasteiger partial charge in [-0.05, 0) is 55.5 Å². The molecule has 7 nitrogen and oxygen atoms in total. The number of carbonyl (C=O) groups excluding carboxylic acids is 2. The predicted octanol–water partition coefficient (Wildman–Crippen LogP) is 2.78. The zero-order chi connectivity index (χ0) is 19.9. The molecule has 8 heteroatoms. The van der Waals surface area contributed by atoms with E-state index < -0.39 is 17.6 Å². The minimum atomic E-state index is -0.528. The van der Waals surface area contributed by atoms with Crippen LogP contribution in [0.4, 0.5) is 10.1 Å². The van der Waals surface area contributed by atoms with Gasteiger partial charge in [0.2, 0.25) is 5.91 Å². The minimum Gasteiger partial charge on any atom is -0.494 e. The number of benzene rings is 2. The van der Waals surface area contributed by atoms with Crippen LogP contribution >= 0.6 is 0 Å². The first-order chi connectivity index (χ1) is 13.6. The van der Waals surface area contributed by atoms with Crippen molar-refractivity contribution in [2.45, 2.75) is 6.92 Å². The molecule has 28 heavy (non-hydrogen) atoms. The molecule has 0 bridgehead atoms. The Hall–Kier alpha value is -3.68. The van der Waals surface area contributed by atoms with Crippen molar-refractivity contribution in [3.8, 4) is 11.4 Å². The van der Waals surface area contributed by atoms with E-state index in [1.54, 1.807) is 48.8 Å². The van der Waals surface area contributed by atoms with Gasteiger partial charge < -0.3 is 15.4 Å². The normalized spacial score (nSPS) is 10.4. The lowest BCUT2D eigenvalue weighted by molar-refractivity contribution is -0.115. The van der Waals surface area contributed by atoms with E-state index >= 15 is 0 Å². The molecule has 1 heterocycles. The van der Waals surface area contributed by atoms with Gasteiger partial charge in [0.25, 0.3) is 5.91 Å². The minimum absolute atomic E-state index is 0.241. The molecule has 0 saturated heterocycles. The molecule has 0 saturated carbocycles. The molecule has 0 atom stereocenters. The Bertz CT molecular complexity index is 956. The van der Waals surface area contributed by atoms with Gasteiger partial charge in [-0.25, -0.2) is 9.07 Å². The van der Waals surface area contributed by atoms with Gasteiger partial charge in [0.05, 0.1) is 13.2 Å². The molecule has 144 valence electrons. The van der Waals surface area contributed by atoms with Crippen LogP contribution in [-0.2, 0) is 4.79 Å². The Balaban J connectivity index is 1.54. The highest BCUT2D eigenvalue weighted by Gasteiger charge is 2.11. The Kier molecular flexibility index (Phi) is 6.01. The summed E-state index contributed by atoms with van der Waals surface area (Å²) in [6, 6.07) is 12.5. The lowest BCUT2D eigenvalue weighted by atomic mass is 10.2. The first-order valence-corrected chi connectivity index (χ1v) is 8.67. The van der Waals surface area contributed by atoms with Crippen molar-refractivity contribution in [3.63, 3.8) is 0 Å². The van der Waals surface area contributed by atoms with Crippen molar-refractivity contribution < 1.29 is 18.7 Å². The van der Waals surface area contributed by atoms with Crippen LogP contribution < -0.4 is 15.4 Å². The van der Waals surface area contributed by atoms with Gasteiger partial charge in [-0.3, -0.25) is 9.59 Å². The molecule has 3 rings (SSSR count). The van der Waals surface area contributed by atoms with Crippen molar-refractivity contribution in [2.75, 3.05) is 18.5 Å². The van der Waals surface area contributed by atoms with E-state index in [1.807, 2.05) is 6.92 Å². The summed E-state index contributed by atoms with van der Waals surface area (Å²) in [4.78, 5) is 24.1. The van der Waals surface area contributed by atoms with Crippen molar-refractivity contribution in [2.24, 2.45) is 0 Å². The van der Waals surface area contributed by atoms with E-state index in [-0.39, 0.29) is 17.9 Å². The molecular formula is C20H19FN4O3. The van der Waals surface area contributed by atoms with Crippen LogP contribution in [-0.4, -0.2) is 34.7 Å². The maximum atomic E-state index is 14.2. The van der Waals surface area contributed by atoms with Gasteiger partial charge in [0.15, 0.2) is 5.82 Å². The fourth-order valence-corrected chi connectivity index (χ4v) is 2.52. The third kappa shape index (κ3) is 4.73. The average molecular weight is 382 g/mol. The van der Waals surface area contributed by atoms with E-state index in [9.17, 15) is 14.0 Å². The Morgan fingerprint density at radius 1 is 1.18 bits per heavy atom. The molecular weight excluding hydrogens is 363 g/mol. The number of amides is 2. The molecule has 0 unspecified atom stereocenters. The predicted molar refractivity (Wildman–Crippen MR) is 102 cm³/mol. The van der Waals surface area contributed by atoms with Gasteiger partial charge in [-0.15, -0.1) is 0 Å². The average Bonchev–Trinajstić information content (AvgIpc) is 3.21. The molecule has 0 radical (unpaired) electrons. The Morgan fingerprint density at radius 3 is 2.61 bits per heavy atom. The number of hydrogen-bond acceptors (Lipinski definition) is 4. The lowest BCUT2D eigenvalue weighted by Gasteiger charge is -2.09. The maximum Gasteiger partial charge on any atom is 0.251 e. The fourth-order valence-electron chi connectivity index (χ4n) is 2.52. The molecule has 0 aliphatic carbocycles. The smallest absolute Gasteiger partial charge is 0.251 e. The van der Waals surface area contributed by atoms with Crippen molar-refractivity contribution in [1.29, 1.82) is 0 Å². The number of aromatic nitrogens is 2. The lowest BCUT2D eigenvalue weighted by Crippen LogP contribution is -2.32. The van der Waals surface area contributed by atoms with Crippen LogP contribution in [0.2, 0.25) is 0 Å². The van der Waals surface area contributed by atoms with Gasteiger partial charge in [0, 0.05) is 23.6 Å². The second kappa shape index (κ2) is 8.81. The molecule has 0 aliphatic heterocycles. The zero-order valence-electron chi connectivity index (χ0n) is 15.2. The number of rotatable bonds is 7. The number of anilines is 1. The first-order valence-electron chi connectivity index (χ1n) is 8.67. The highest BCUT2D eigenvalue weighted by molar-refractivity contribution is 5.99. The summed E-state index contributed by atoms with van der Waals surface area (Å²) in [6.45, 7) is 2.17. The highest BCUT2D eigenvalue weighted by Crippen LogP contribution is 2.17. The van der Waals surface area contributed by atoms with Gasteiger partial charge in [0.1, 0.15) is 11.4 Å². The van der Waals surface area contributed by atoms with Crippen molar-refractivity contribution in [3.05, 3.63) is 72.3 Å². The number of nitrogens with zero attached hydrogens (tertiary/aromatic N) is 2. The number of ether oxygens (including phenoxy) is 1. The quantitative estimate of drug-likeness (QED) is 0.658. The number of nitrogens with one attached hydrogen (secondary N) is 2. The van der Waals surface area contributed by atoms with E-state index in [1.165, 1.54) is 16.8 Å². The summed E-state index contributed by atoms with van der Waals surface area (Å²) in [5.74, 6) is -0.721. The van der Waals surface area contributed by atoms with Gasteiger partial charge in [-0.1, -0.05) is 0 Å². The van der Waals surface area contributed by atoms with Crippen LogP contribution in [0, 0.1) is 5.82 Å². The zero-order valence-corrected chi connectivity index (χ0v) is 15.2. The molecule has 2 aromatic carbocycles. The van der Waals surface area contributed by atoms with E-state index in [4.69, 9.17) is 4.74 Å². The molecule has 1 aromatic heterocycles. The number of halogens is 1. The second-order valence-electron chi connectivity index (χ2n) is 5.81. The summed E-state index contributed by atoms with van der Waals surface area (Å²) in [6.07, 6.45) is 3.16. The largest absolute Gasteiger partial charge is 0.494 e. The topological polar surface area (TPSA) is 85.2 Å². The Morgan fingerprint density at radius 2 is 1.96 bits per heavy atom. The van der Waals surface area contributed by atoms with Crippen LogP contribution in [0.1, 0.15) is 17.3 Å². The first kappa shape index (κ1) is 19.1. The summed E-state index contributed by atoms with van der Waals surface area (Å²) in [5, 5.41) is 9.03. The molecule has 3 aromatic rings. The fraction of sp³-hybridized carbons (Fsp3) is 0.150. The number of hydrogen-bond donors (Lipinski definition) is 2. The third-order valence-electron chi connectivity index (χ3n) is 3.82. The second-order valence-corrected chi connectivity index (χ2v) is 5.81. The summed E-state index contributed by atoms with van der Waals surface area (Å²) in [7, 11) is 0. The highest BCUT2D eigenvalue weighted by atomic mass is 19.1. The Labute approximate surface area is 161 Å². The number of carbonyl (C=O) groups is 2. The molecule has 0 fully saturated rings. The molecule has 2 amide bonds. The van der Waals surface area contributed by atoms with E-state index in [2.05, 4.69) is 15.7 Å². The van der Waals surface area contributed by atoms with Crippen molar-refractivity contribution >= 4 is 17.5 Å². The SMILES string of the molecule is CCOc1ccc(C(=O)NCC(=O)Nc2ccc(-n3cccn3)c(F)c2)cc1. The molecule has 0 aliphatic rings. The van der Waals surface area contributed by atoms with Crippen LogP contribution in [0.5, 0.6) is 5.75 Å².